The van der Waals surface area contributed by atoms with Crippen molar-refractivity contribution in [1.82, 2.24) is 10.2 Å². The first-order valence-electron chi connectivity index (χ1n) is 5.48. The van der Waals surface area contributed by atoms with E-state index in [0.717, 1.165) is 23.4 Å². The van der Waals surface area contributed by atoms with E-state index < -0.39 is 0 Å². The van der Waals surface area contributed by atoms with Crippen LogP contribution in [-0.4, -0.2) is 31.1 Å². The molecule has 1 N–H and O–H groups in total. The standard InChI is InChI=1S/C11H15ClN2S/c12-10-1-2-15-11(10)7-14-5-8-3-13-4-9(8)6-14/h1-2,8-9,13H,3-7H2/t8-,9+. The van der Waals surface area contributed by atoms with Gasteiger partial charge < -0.3 is 5.32 Å². The van der Waals surface area contributed by atoms with Crippen LogP contribution in [0.1, 0.15) is 4.88 Å². The SMILES string of the molecule is Clc1ccsc1CN1C[C@H]2CNC[C@H]2C1. The van der Waals surface area contributed by atoms with Gasteiger partial charge in [0.2, 0.25) is 0 Å². The Morgan fingerprint density at radius 3 is 2.73 bits per heavy atom. The van der Waals surface area contributed by atoms with Crippen molar-refractivity contribution < 1.29 is 0 Å². The molecule has 0 saturated carbocycles. The van der Waals surface area contributed by atoms with Gasteiger partial charge in [-0.25, -0.2) is 0 Å². The number of likely N-dealkylation sites (tertiary alicyclic amines) is 1. The molecule has 0 bridgehead atoms. The first kappa shape index (κ1) is 10.1. The van der Waals surface area contributed by atoms with Crippen LogP contribution in [0.5, 0.6) is 0 Å². The number of halogens is 1. The van der Waals surface area contributed by atoms with E-state index in [0.29, 0.717) is 0 Å². The minimum Gasteiger partial charge on any atom is -0.316 e. The second-order valence-corrected chi connectivity index (χ2v) is 5.97. The summed E-state index contributed by atoms with van der Waals surface area (Å²) >= 11 is 7.89. The molecule has 82 valence electrons. The predicted molar refractivity (Wildman–Crippen MR) is 64.5 cm³/mol. The van der Waals surface area contributed by atoms with E-state index >= 15 is 0 Å². The highest BCUT2D eigenvalue weighted by molar-refractivity contribution is 7.10. The summed E-state index contributed by atoms with van der Waals surface area (Å²) in [6.45, 7) is 5.94. The van der Waals surface area contributed by atoms with E-state index in [-0.39, 0.29) is 0 Å². The fraction of sp³-hybridized carbons (Fsp3) is 0.636. The van der Waals surface area contributed by atoms with Crippen LogP contribution >= 0.6 is 22.9 Å². The second kappa shape index (κ2) is 4.06. The van der Waals surface area contributed by atoms with Crippen molar-refractivity contribution in [1.29, 1.82) is 0 Å². The Morgan fingerprint density at radius 1 is 1.40 bits per heavy atom. The van der Waals surface area contributed by atoms with Gasteiger partial charge in [-0.05, 0) is 36.4 Å². The summed E-state index contributed by atoms with van der Waals surface area (Å²) in [7, 11) is 0. The molecule has 2 fully saturated rings. The molecule has 1 aromatic rings. The van der Waals surface area contributed by atoms with Gasteiger partial charge in [0.1, 0.15) is 0 Å². The van der Waals surface area contributed by atoms with E-state index in [9.17, 15) is 0 Å². The zero-order chi connectivity index (χ0) is 10.3. The lowest BCUT2D eigenvalue weighted by Crippen LogP contribution is -2.25. The summed E-state index contributed by atoms with van der Waals surface area (Å²) in [6, 6.07) is 2.00. The maximum atomic E-state index is 6.11. The summed E-state index contributed by atoms with van der Waals surface area (Å²) in [6.07, 6.45) is 0. The number of thiophene rings is 1. The van der Waals surface area contributed by atoms with E-state index in [1.54, 1.807) is 11.3 Å². The van der Waals surface area contributed by atoms with Gasteiger partial charge in [0, 0.05) is 24.5 Å². The maximum absolute atomic E-state index is 6.11. The van der Waals surface area contributed by atoms with Gasteiger partial charge in [-0.2, -0.15) is 0 Å². The molecule has 2 aliphatic rings. The number of nitrogens with one attached hydrogen (secondary N) is 1. The lowest BCUT2D eigenvalue weighted by Gasteiger charge is -2.15. The van der Waals surface area contributed by atoms with Crippen molar-refractivity contribution in [3.05, 3.63) is 21.3 Å². The summed E-state index contributed by atoms with van der Waals surface area (Å²) in [5, 5.41) is 6.48. The highest BCUT2D eigenvalue weighted by atomic mass is 35.5. The van der Waals surface area contributed by atoms with Crippen LogP contribution in [0.3, 0.4) is 0 Å². The van der Waals surface area contributed by atoms with Gasteiger partial charge in [-0.3, -0.25) is 4.90 Å². The van der Waals surface area contributed by atoms with Crippen LogP contribution in [0.25, 0.3) is 0 Å². The van der Waals surface area contributed by atoms with Crippen LogP contribution in [0.2, 0.25) is 5.02 Å². The van der Waals surface area contributed by atoms with Crippen LogP contribution in [0.4, 0.5) is 0 Å². The van der Waals surface area contributed by atoms with Crippen LogP contribution < -0.4 is 5.32 Å². The van der Waals surface area contributed by atoms with Gasteiger partial charge in [0.15, 0.2) is 0 Å². The third kappa shape index (κ3) is 1.94. The zero-order valence-electron chi connectivity index (χ0n) is 8.58. The first-order chi connectivity index (χ1) is 7.33. The van der Waals surface area contributed by atoms with Gasteiger partial charge in [-0.15, -0.1) is 11.3 Å². The molecule has 1 aromatic heterocycles. The number of rotatable bonds is 2. The average Bonchev–Trinajstić information content (AvgIpc) is 2.83. The number of fused-ring (bicyclic) bond motifs is 1. The summed E-state index contributed by atoms with van der Waals surface area (Å²) in [5.74, 6) is 1.76. The van der Waals surface area contributed by atoms with Gasteiger partial charge in [0.05, 0.1) is 5.02 Å². The lowest BCUT2D eigenvalue weighted by molar-refractivity contribution is 0.308. The Morgan fingerprint density at radius 2 is 2.13 bits per heavy atom. The molecule has 0 unspecified atom stereocenters. The Bertz CT molecular complexity index is 340. The smallest absolute Gasteiger partial charge is 0.0558 e. The average molecular weight is 243 g/mol. The number of hydrogen-bond acceptors (Lipinski definition) is 3. The van der Waals surface area contributed by atoms with Gasteiger partial charge in [-0.1, -0.05) is 11.6 Å². The molecule has 3 rings (SSSR count). The van der Waals surface area contributed by atoms with E-state index in [4.69, 9.17) is 11.6 Å². The van der Waals surface area contributed by atoms with Crippen molar-refractivity contribution in [3.63, 3.8) is 0 Å². The molecule has 4 heteroatoms. The molecule has 3 heterocycles. The molecule has 2 aliphatic heterocycles. The highest BCUT2D eigenvalue weighted by Crippen LogP contribution is 2.30. The Hall–Kier alpha value is -0.0900. The molecule has 0 spiro atoms. The molecular weight excluding hydrogens is 228 g/mol. The van der Waals surface area contributed by atoms with Crippen LogP contribution in [-0.2, 0) is 6.54 Å². The second-order valence-electron chi connectivity index (χ2n) is 4.56. The Kier molecular flexibility index (Phi) is 2.73. The number of hydrogen-bond donors (Lipinski definition) is 1. The lowest BCUT2D eigenvalue weighted by atomic mass is 10.0. The Balaban J connectivity index is 1.64. The minimum atomic E-state index is 0.878. The summed E-state index contributed by atoms with van der Waals surface area (Å²) in [5.41, 5.74) is 0. The molecule has 15 heavy (non-hydrogen) atoms. The number of nitrogens with zero attached hydrogens (tertiary/aromatic N) is 1. The quantitative estimate of drug-likeness (QED) is 0.854. The summed E-state index contributed by atoms with van der Waals surface area (Å²) in [4.78, 5) is 3.87. The first-order valence-corrected chi connectivity index (χ1v) is 6.73. The third-order valence-corrected chi connectivity index (χ3v) is 4.90. The van der Waals surface area contributed by atoms with E-state index in [2.05, 4.69) is 15.6 Å². The Labute approximate surface area is 99.2 Å². The normalized spacial score (nSPS) is 31.0. The zero-order valence-corrected chi connectivity index (χ0v) is 10.2. The van der Waals surface area contributed by atoms with Crippen molar-refractivity contribution in [2.24, 2.45) is 11.8 Å². The van der Waals surface area contributed by atoms with Crippen molar-refractivity contribution in [3.8, 4) is 0 Å². The van der Waals surface area contributed by atoms with Crippen molar-refractivity contribution in [2.45, 2.75) is 6.54 Å². The molecule has 0 amide bonds. The van der Waals surface area contributed by atoms with E-state index in [1.165, 1.54) is 31.1 Å². The van der Waals surface area contributed by atoms with Crippen molar-refractivity contribution >= 4 is 22.9 Å². The maximum Gasteiger partial charge on any atom is 0.0558 e. The highest BCUT2D eigenvalue weighted by Gasteiger charge is 2.35. The minimum absolute atomic E-state index is 0.878. The molecule has 0 aliphatic carbocycles. The monoisotopic (exact) mass is 242 g/mol. The fourth-order valence-corrected chi connectivity index (χ4v) is 3.86. The molecule has 2 nitrogen and oxygen atoms in total. The fourth-order valence-electron chi connectivity index (χ4n) is 2.72. The molecule has 0 radical (unpaired) electrons. The molecular formula is C11H15ClN2S. The van der Waals surface area contributed by atoms with Crippen LogP contribution in [0, 0.1) is 11.8 Å². The molecule has 2 saturated heterocycles. The third-order valence-electron chi connectivity index (χ3n) is 3.52. The largest absolute Gasteiger partial charge is 0.316 e. The van der Waals surface area contributed by atoms with Gasteiger partial charge >= 0.3 is 0 Å². The topological polar surface area (TPSA) is 15.3 Å². The van der Waals surface area contributed by atoms with Crippen LogP contribution in [0.15, 0.2) is 11.4 Å². The molecule has 2 atom stereocenters. The van der Waals surface area contributed by atoms with E-state index in [1.807, 2.05) is 6.07 Å². The van der Waals surface area contributed by atoms with Crippen molar-refractivity contribution in [2.75, 3.05) is 26.2 Å². The molecule has 0 aromatic carbocycles. The summed E-state index contributed by atoms with van der Waals surface area (Å²) < 4.78 is 0. The predicted octanol–water partition coefficient (Wildman–Crippen LogP) is 2.05. The van der Waals surface area contributed by atoms with Gasteiger partial charge in [0.25, 0.3) is 0 Å².